The van der Waals surface area contributed by atoms with Crippen molar-refractivity contribution in [3.8, 4) is 5.75 Å². The molecule has 2 fully saturated rings. The van der Waals surface area contributed by atoms with Gasteiger partial charge < -0.3 is 14.4 Å². The van der Waals surface area contributed by atoms with Gasteiger partial charge in [0.15, 0.2) is 0 Å². The van der Waals surface area contributed by atoms with E-state index in [9.17, 15) is 0 Å². The van der Waals surface area contributed by atoms with Crippen LogP contribution in [-0.2, 0) is 11.2 Å². The zero-order valence-corrected chi connectivity index (χ0v) is 17.3. The van der Waals surface area contributed by atoms with Crippen molar-refractivity contribution < 1.29 is 9.47 Å². The molecule has 0 aromatic heterocycles. The van der Waals surface area contributed by atoms with Gasteiger partial charge in [0.1, 0.15) is 5.75 Å². The molecule has 3 nitrogen and oxygen atoms in total. The Morgan fingerprint density at radius 1 is 1.08 bits per heavy atom. The lowest BCUT2D eigenvalue weighted by molar-refractivity contribution is 0.0491. The number of methoxy groups -OCH3 is 1. The minimum absolute atomic E-state index is 0. The molecule has 0 amide bonds. The van der Waals surface area contributed by atoms with Crippen LogP contribution < -0.4 is 4.74 Å². The molecule has 1 unspecified atom stereocenters. The smallest absolute Gasteiger partial charge is 0.122 e. The summed E-state index contributed by atoms with van der Waals surface area (Å²) in [7, 11) is 4.10. The summed E-state index contributed by atoms with van der Waals surface area (Å²) in [5.41, 5.74) is 1.38. The van der Waals surface area contributed by atoms with E-state index in [0.717, 1.165) is 31.1 Å². The minimum atomic E-state index is 0. The largest absolute Gasteiger partial charge is 0.493 e. The van der Waals surface area contributed by atoms with Crippen LogP contribution >= 0.6 is 12.4 Å². The molecule has 1 aliphatic heterocycles. The summed E-state index contributed by atoms with van der Waals surface area (Å²) < 4.78 is 11.8. The fourth-order valence-electron chi connectivity index (χ4n) is 4.58. The Labute approximate surface area is 165 Å². The first kappa shape index (κ1) is 21.5. The third kappa shape index (κ3) is 6.14. The van der Waals surface area contributed by atoms with Crippen molar-refractivity contribution in [1.82, 2.24) is 4.90 Å². The van der Waals surface area contributed by atoms with E-state index in [2.05, 4.69) is 36.2 Å². The molecule has 1 aromatic rings. The highest BCUT2D eigenvalue weighted by molar-refractivity contribution is 5.85. The van der Waals surface area contributed by atoms with E-state index in [-0.39, 0.29) is 12.4 Å². The number of hydrogen-bond donors (Lipinski definition) is 0. The van der Waals surface area contributed by atoms with Crippen molar-refractivity contribution in [2.24, 2.45) is 5.92 Å². The van der Waals surface area contributed by atoms with Crippen LogP contribution in [-0.4, -0.2) is 44.4 Å². The summed E-state index contributed by atoms with van der Waals surface area (Å²) in [6.07, 6.45) is 11.8. The first-order valence-corrected chi connectivity index (χ1v) is 10.2. The molecule has 1 aliphatic carbocycles. The fourth-order valence-corrected chi connectivity index (χ4v) is 4.58. The lowest BCUT2D eigenvalue weighted by Crippen LogP contribution is -2.26. The molecular weight excluding hydrogens is 346 g/mol. The van der Waals surface area contributed by atoms with E-state index in [1.165, 1.54) is 57.1 Å². The third-order valence-electron chi connectivity index (χ3n) is 6.24. The summed E-state index contributed by atoms with van der Waals surface area (Å²) in [5.74, 6) is 1.90. The van der Waals surface area contributed by atoms with Gasteiger partial charge in [0, 0.05) is 13.2 Å². The second kappa shape index (κ2) is 11.2. The highest BCUT2D eigenvalue weighted by Gasteiger charge is 2.22. The van der Waals surface area contributed by atoms with E-state index in [1.54, 1.807) is 0 Å². The van der Waals surface area contributed by atoms with Gasteiger partial charge in [-0.05, 0) is 76.1 Å². The fraction of sp³-hybridized carbons (Fsp3) is 0.727. The minimum Gasteiger partial charge on any atom is -0.493 e. The van der Waals surface area contributed by atoms with E-state index < -0.39 is 0 Å². The van der Waals surface area contributed by atoms with Crippen molar-refractivity contribution >= 4 is 12.4 Å². The highest BCUT2D eigenvalue weighted by Crippen LogP contribution is 2.31. The predicted molar refractivity (Wildman–Crippen MR) is 111 cm³/mol. The van der Waals surface area contributed by atoms with E-state index >= 15 is 0 Å². The number of halogens is 1. The molecule has 1 saturated heterocycles. The molecule has 0 bridgehead atoms. The standard InChI is InChI=1S/C22H35NO2.ClH/c1-23-15-6-9-20(23)14-16-25-22-11-4-3-8-19(22)13-12-18-7-5-10-21(17-18)24-2;/h3-4,8,11,18,20-21H,5-7,9-10,12-17H2,1-2H3;1H/t18-,20?,21+;/m1./s1. The van der Waals surface area contributed by atoms with Crippen molar-refractivity contribution in [3.05, 3.63) is 29.8 Å². The zero-order valence-electron chi connectivity index (χ0n) is 16.5. The molecule has 3 rings (SSSR count). The molecule has 0 spiro atoms. The van der Waals surface area contributed by atoms with Gasteiger partial charge in [-0.25, -0.2) is 0 Å². The Hall–Kier alpha value is -0.770. The zero-order chi connectivity index (χ0) is 17.5. The Kier molecular flexibility index (Phi) is 9.24. The summed E-state index contributed by atoms with van der Waals surface area (Å²) >= 11 is 0. The molecular formula is C22H36ClNO2. The van der Waals surface area contributed by atoms with Gasteiger partial charge in [-0.15, -0.1) is 12.4 Å². The van der Waals surface area contributed by atoms with Gasteiger partial charge in [0.2, 0.25) is 0 Å². The SMILES string of the molecule is CO[C@H]1CCC[C@H](CCc2ccccc2OCCC2CCCN2C)C1.Cl. The van der Waals surface area contributed by atoms with Gasteiger partial charge in [0.05, 0.1) is 12.7 Å². The molecule has 148 valence electrons. The maximum Gasteiger partial charge on any atom is 0.122 e. The van der Waals surface area contributed by atoms with Crippen LogP contribution in [0.1, 0.15) is 56.9 Å². The topological polar surface area (TPSA) is 21.7 Å². The maximum atomic E-state index is 6.18. The highest BCUT2D eigenvalue weighted by atomic mass is 35.5. The number of likely N-dealkylation sites (tertiary alicyclic amines) is 1. The lowest BCUT2D eigenvalue weighted by Gasteiger charge is -2.28. The molecule has 2 aliphatic rings. The Morgan fingerprint density at radius 2 is 1.92 bits per heavy atom. The van der Waals surface area contributed by atoms with Crippen LogP contribution in [0.25, 0.3) is 0 Å². The molecule has 1 saturated carbocycles. The molecule has 26 heavy (non-hydrogen) atoms. The number of hydrogen-bond acceptors (Lipinski definition) is 3. The van der Waals surface area contributed by atoms with Crippen molar-refractivity contribution in [1.29, 1.82) is 0 Å². The monoisotopic (exact) mass is 381 g/mol. The van der Waals surface area contributed by atoms with E-state index in [0.29, 0.717) is 12.1 Å². The molecule has 1 aromatic carbocycles. The van der Waals surface area contributed by atoms with Crippen LogP contribution in [0.5, 0.6) is 5.75 Å². The normalized spacial score (nSPS) is 26.5. The Morgan fingerprint density at radius 3 is 2.69 bits per heavy atom. The second-order valence-electron chi connectivity index (χ2n) is 7.95. The lowest BCUT2D eigenvalue weighted by atomic mass is 9.83. The predicted octanol–water partition coefficient (Wildman–Crippen LogP) is 5.11. The number of benzene rings is 1. The second-order valence-corrected chi connectivity index (χ2v) is 7.95. The van der Waals surface area contributed by atoms with Crippen LogP contribution in [0.3, 0.4) is 0 Å². The van der Waals surface area contributed by atoms with Crippen molar-refractivity contribution in [2.75, 3.05) is 27.3 Å². The first-order valence-electron chi connectivity index (χ1n) is 10.2. The summed E-state index contributed by atoms with van der Waals surface area (Å²) in [6.45, 7) is 2.08. The van der Waals surface area contributed by atoms with Crippen LogP contribution in [0.4, 0.5) is 0 Å². The number of nitrogens with zero attached hydrogens (tertiary/aromatic N) is 1. The molecule has 3 atom stereocenters. The quantitative estimate of drug-likeness (QED) is 0.624. The number of rotatable bonds is 8. The Bertz CT molecular complexity index is 525. The van der Waals surface area contributed by atoms with Gasteiger partial charge in [0.25, 0.3) is 0 Å². The van der Waals surface area contributed by atoms with Gasteiger partial charge in [-0.1, -0.05) is 31.0 Å². The van der Waals surface area contributed by atoms with Crippen molar-refractivity contribution in [2.45, 2.75) is 69.9 Å². The Balaban J connectivity index is 0.00000243. The summed E-state index contributed by atoms with van der Waals surface area (Å²) in [4.78, 5) is 2.48. The van der Waals surface area contributed by atoms with Crippen LogP contribution in [0.15, 0.2) is 24.3 Å². The van der Waals surface area contributed by atoms with Crippen LogP contribution in [0.2, 0.25) is 0 Å². The van der Waals surface area contributed by atoms with E-state index in [4.69, 9.17) is 9.47 Å². The summed E-state index contributed by atoms with van der Waals surface area (Å²) in [6, 6.07) is 9.34. The van der Waals surface area contributed by atoms with Gasteiger partial charge >= 0.3 is 0 Å². The van der Waals surface area contributed by atoms with Crippen molar-refractivity contribution in [3.63, 3.8) is 0 Å². The van der Waals surface area contributed by atoms with Crippen LogP contribution in [0, 0.1) is 5.92 Å². The molecule has 0 N–H and O–H groups in total. The molecule has 0 radical (unpaired) electrons. The first-order chi connectivity index (χ1) is 12.3. The number of ether oxygens (including phenoxy) is 2. The number of aryl methyl sites for hydroxylation is 1. The summed E-state index contributed by atoms with van der Waals surface area (Å²) in [5, 5.41) is 0. The molecule has 4 heteroatoms. The average Bonchev–Trinajstić information content (AvgIpc) is 3.06. The number of para-hydroxylation sites is 1. The van der Waals surface area contributed by atoms with E-state index in [1.807, 2.05) is 7.11 Å². The third-order valence-corrected chi connectivity index (χ3v) is 6.24. The van der Waals surface area contributed by atoms with Gasteiger partial charge in [-0.3, -0.25) is 0 Å². The average molecular weight is 382 g/mol. The maximum absolute atomic E-state index is 6.18. The molecule has 1 heterocycles. The van der Waals surface area contributed by atoms with Gasteiger partial charge in [-0.2, -0.15) is 0 Å².